The van der Waals surface area contributed by atoms with Crippen LogP contribution in [0.3, 0.4) is 0 Å². The van der Waals surface area contributed by atoms with Crippen LogP contribution in [0.4, 0.5) is 0 Å². The number of hydrogen-bond acceptors (Lipinski definition) is 4. The number of thioether (sulfide) groups is 1. The Hall–Kier alpha value is -2.31. The van der Waals surface area contributed by atoms with Crippen LogP contribution in [0.15, 0.2) is 59.8 Å². The molecule has 27 heavy (non-hydrogen) atoms. The van der Waals surface area contributed by atoms with Crippen LogP contribution in [0.5, 0.6) is 0 Å². The molecule has 0 radical (unpaired) electrons. The van der Waals surface area contributed by atoms with Gasteiger partial charge in [0.25, 0.3) is 0 Å². The van der Waals surface area contributed by atoms with Crippen molar-refractivity contribution in [3.8, 4) is 17.1 Å². The average molecular weight is 399 g/mol. The monoisotopic (exact) mass is 398 g/mol. The maximum Gasteiger partial charge on any atom is 0.233 e. The number of nitrogens with zero attached hydrogens (tertiary/aromatic N) is 3. The molecule has 1 unspecified atom stereocenters. The normalized spacial score (nSPS) is 17.4. The summed E-state index contributed by atoms with van der Waals surface area (Å²) in [4.78, 5) is 12.4. The van der Waals surface area contributed by atoms with Crippen LogP contribution in [-0.4, -0.2) is 32.5 Å². The van der Waals surface area contributed by atoms with Gasteiger partial charge in [-0.3, -0.25) is 9.36 Å². The number of amides is 1. The van der Waals surface area contributed by atoms with Gasteiger partial charge in [-0.15, -0.1) is 10.2 Å². The van der Waals surface area contributed by atoms with Crippen LogP contribution in [-0.2, 0) is 4.79 Å². The third-order valence-corrected chi connectivity index (χ3v) is 5.94. The number of nitrogens with one attached hydrogen (secondary N) is 1. The molecule has 1 aliphatic heterocycles. The Balaban J connectivity index is 1.75. The van der Waals surface area contributed by atoms with E-state index in [0.29, 0.717) is 10.2 Å². The van der Waals surface area contributed by atoms with E-state index in [1.807, 2.05) is 59.2 Å². The third-order valence-electron chi connectivity index (χ3n) is 4.48. The van der Waals surface area contributed by atoms with Crippen LogP contribution in [0.25, 0.3) is 17.1 Å². The lowest BCUT2D eigenvalue weighted by molar-refractivity contribution is -0.120. The maximum absolute atomic E-state index is 12.4. The number of aromatic nitrogens is 3. The van der Waals surface area contributed by atoms with Gasteiger partial charge in [0.05, 0.1) is 5.25 Å². The van der Waals surface area contributed by atoms with E-state index < -0.39 is 0 Å². The van der Waals surface area contributed by atoms with Crippen LogP contribution in [0.2, 0.25) is 5.02 Å². The van der Waals surface area contributed by atoms with Crippen molar-refractivity contribution in [2.45, 2.75) is 29.7 Å². The summed E-state index contributed by atoms with van der Waals surface area (Å²) >= 11 is 7.51. The molecule has 3 aromatic rings. The Bertz CT molecular complexity index is 927. The van der Waals surface area contributed by atoms with Crippen molar-refractivity contribution < 1.29 is 4.79 Å². The van der Waals surface area contributed by atoms with E-state index in [0.717, 1.165) is 42.9 Å². The number of rotatable bonds is 4. The number of benzene rings is 2. The summed E-state index contributed by atoms with van der Waals surface area (Å²) in [6.45, 7) is 0.747. The second-order valence-corrected chi connectivity index (χ2v) is 7.98. The average Bonchev–Trinajstić information content (AvgIpc) is 3.00. The first-order valence-corrected chi connectivity index (χ1v) is 10.2. The summed E-state index contributed by atoms with van der Waals surface area (Å²) in [5.41, 5.74) is 1.89. The van der Waals surface area contributed by atoms with E-state index in [9.17, 15) is 4.79 Å². The molecular formula is C20H19ClN4OS. The highest BCUT2D eigenvalue weighted by Crippen LogP contribution is 2.32. The lowest BCUT2D eigenvalue weighted by Gasteiger charge is -2.14. The topological polar surface area (TPSA) is 59.8 Å². The van der Waals surface area contributed by atoms with Gasteiger partial charge in [0.15, 0.2) is 11.0 Å². The highest BCUT2D eigenvalue weighted by molar-refractivity contribution is 8.00. The standard InChI is InChI=1S/C20H19ClN4OS/c21-15-11-9-14(10-12-15)18-23-24-20(25(18)16-6-2-1-3-7-16)27-17-8-4-5-13-22-19(17)26/h1-3,6-7,9-12,17H,4-5,8,13H2,(H,22,26). The van der Waals surface area contributed by atoms with Gasteiger partial charge in [0.2, 0.25) is 5.91 Å². The van der Waals surface area contributed by atoms with Crippen LogP contribution in [0, 0.1) is 0 Å². The SMILES string of the molecule is O=C1NCCCCC1Sc1nnc(-c2ccc(Cl)cc2)n1-c1ccccc1. The molecule has 2 aromatic carbocycles. The predicted octanol–water partition coefficient (Wildman–Crippen LogP) is 4.35. The van der Waals surface area contributed by atoms with E-state index in [1.54, 1.807) is 0 Å². The molecule has 1 atom stereocenters. The Morgan fingerprint density at radius 2 is 1.81 bits per heavy atom. The first kappa shape index (κ1) is 18.1. The van der Waals surface area contributed by atoms with Crippen LogP contribution >= 0.6 is 23.4 Å². The Kier molecular flexibility index (Phi) is 5.45. The Morgan fingerprint density at radius 3 is 2.59 bits per heavy atom. The summed E-state index contributed by atoms with van der Waals surface area (Å²) in [7, 11) is 0. The van der Waals surface area contributed by atoms with E-state index in [2.05, 4.69) is 15.5 Å². The first-order valence-electron chi connectivity index (χ1n) is 8.93. The Morgan fingerprint density at radius 1 is 1.04 bits per heavy atom. The molecule has 1 N–H and O–H groups in total. The van der Waals surface area contributed by atoms with Gasteiger partial charge in [-0.2, -0.15) is 0 Å². The van der Waals surface area contributed by atoms with Gasteiger partial charge in [0, 0.05) is 22.8 Å². The molecule has 1 amide bonds. The first-order chi connectivity index (χ1) is 13.2. The van der Waals surface area contributed by atoms with Gasteiger partial charge in [-0.05, 0) is 49.2 Å². The van der Waals surface area contributed by atoms with E-state index in [4.69, 9.17) is 11.6 Å². The fraction of sp³-hybridized carbons (Fsp3) is 0.250. The van der Waals surface area contributed by atoms with Crippen molar-refractivity contribution in [3.63, 3.8) is 0 Å². The summed E-state index contributed by atoms with van der Waals surface area (Å²) in [6, 6.07) is 17.5. The minimum Gasteiger partial charge on any atom is -0.355 e. The number of para-hydroxylation sites is 1. The molecule has 138 valence electrons. The number of carbonyl (C=O) groups excluding carboxylic acids is 1. The number of halogens is 1. The minimum atomic E-state index is -0.155. The van der Waals surface area contributed by atoms with Gasteiger partial charge in [-0.1, -0.05) is 48.0 Å². The van der Waals surface area contributed by atoms with Gasteiger partial charge < -0.3 is 5.32 Å². The maximum atomic E-state index is 12.4. The zero-order valence-corrected chi connectivity index (χ0v) is 16.2. The van der Waals surface area contributed by atoms with Crippen molar-refractivity contribution in [3.05, 3.63) is 59.6 Å². The molecule has 0 bridgehead atoms. The third kappa shape index (κ3) is 4.01. The predicted molar refractivity (Wildman–Crippen MR) is 108 cm³/mol. The van der Waals surface area contributed by atoms with Gasteiger partial charge in [-0.25, -0.2) is 0 Å². The van der Waals surface area contributed by atoms with E-state index >= 15 is 0 Å². The lowest BCUT2D eigenvalue weighted by atomic mass is 10.2. The van der Waals surface area contributed by atoms with Crippen molar-refractivity contribution in [1.82, 2.24) is 20.1 Å². The quantitative estimate of drug-likeness (QED) is 0.709. The van der Waals surface area contributed by atoms with Crippen LogP contribution < -0.4 is 5.32 Å². The van der Waals surface area contributed by atoms with Gasteiger partial charge in [0.1, 0.15) is 0 Å². The molecule has 1 fully saturated rings. The molecule has 0 spiro atoms. The fourth-order valence-corrected chi connectivity index (χ4v) is 4.33. The summed E-state index contributed by atoms with van der Waals surface area (Å²) in [6.07, 6.45) is 2.89. The van der Waals surface area contributed by atoms with Crippen molar-refractivity contribution in [1.29, 1.82) is 0 Å². The molecular weight excluding hydrogens is 380 g/mol. The minimum absolute atomic E-state index is 0.0770. The van der Waals surface area contributed by atoms with Crippen molar-refractivity contribution in [2.24, 2.45) is 0 Å². The largest absolute Gasteiger partial charge is 0.355 e. The second kappa shape index (κ2) is 8.15. The Labute approximate surface area is 167 Å². The van der Waals surface area contributed by atoms with Crippen LogP contribution in [0.1, 0.15) is 19.3 Å². The molecule has 0 aliphatic carbocycles. The zero-order valence-electron chi connectivity index (χ0n) is 14.6. The van der Waals surface area contributed by atoms with Crippen molar-refractivity contribution in [2.75, 3.05) is 6.54 Å². The number of hydrogen-bond donors (Lipinski definition) is 1. The molecule has 0 saturated carbocycles. The lowest BCUT2D eigenvalue weighted by Crippen LogP contribution is -2.30. The molecule has 1 aromatic heterocycles. The highest BCUT2D eigenvalue weighted by Gasteiger charge is 2.26. The molecule has 7 heteroatoms. The molecule has 5 nitrogen and oxygen atoms in total. The van der Waals surface area contributed by atoms with Gasteiger partial charge >= 0.3 is 0 Å². The smallest absolute Gasteiger partial charge is 0.233 e. The summed E-state index contributed by atoms with van der Waals surface area (Å²) in [5.74, 6) is 0.808. The second-order valence-electron chi connectivity index (χ2n) is 6.38. The fourth-order valence-electron chi connectivity index (χ4n) is 3.09. The summed E-state index contributed by atoms with van der Waals surface area (Å²) in [5, 5.41) is 13.1. The number of carbonyl (C=O) groups is 1. The zero-order chi connectivity index (χ0) is 18.6. The van der Waals surface area contributed by atoms with E-state index in [1.165, 1.54) is 11.8 Å². The molecule has 4 rings (SSSR count). The molecule has 1 saturated heterocycles. The molecule has 1 aliphatic rings. The summed E-state index contributed by atoms with van der Waals surface area (Å²) < 4.78 is 2.01. The van der Waals surface area contributed by atoms with Crippen molar-refractivity contribution >= 4 is 29.3 Å². The molecule has 2 heterocycles. The highest BCUT2D eigenvalue weighted by atomic mass is 35.5. The van der Waals surface area contributed by atoms with E-state index in [-0.39, 0.29) is 11.2 Å².